The summed E-state index contributed by atoms with van der Waals surface area (Å²) in [6.45, 7) is 4.60. The maximum absolute atomic E-state index is 10.3. The predicted molar refractivity (Wildman–Crippen MR) is 68.7 cm³/mol. The molecule has 0 aromatic rings. The molecular formula is C12H18O9. The Balaban J connectivity index is 0. The highest BCUT2D eigenvalue weighted by Gasteiger charge is 2.40. The molecule has 0 rings (SSSR count). The van der Waals surface area contributed by atoms with E-state index in [1.807, 2.05) is 0 Å². The number of carboxylic acids is 4. The molecule has 0 amide bonds. The van der Waals surface area contributed by atoms with E-state index in [0.717, 1.165) is 13.8 Å². The van der Waals surface area contributed by atoms with Crippen LogP contribution in [-0.4, -0.2) is 55.0 Å². The Morgan fingerprint density at radius 3 is 1.24 bits per heavy atom. The minimum absolute atomic E-state index is 0.132. The summed E-state index contributed by atoms with van der Waals surface area (Å²) in [6.07, 6.45) is 0. The Hall–Kier alpha value is -2.42. The van der Waals surface area contributed by atoms with Gasteiger partial charge in [-0.15, -0.1) is 0 Å². The third-order valence-corrected chi connectivity index (χ3v) is 2.85. The first kappa shape index (κ1) is 20.9. The summed E-state index contributed by atoms with van der Waals surface area (Å²) in [5.74, 6) is -6.58. The molecule has 0 aromatic heterocycles. The van der Waals surface area contributed by atoms with Crippen LogP contribution in [-0.2, 0) is 19.2 Å². The third kappa shape index (κ3) is 6.52. The van der Waals surface area contributed by atoms with Gasteiger partial charge in [-0.2, -0.15) is 0 Å². The van der Waals surface area contributed by atoms with Crippen molar-refractivity contribution in [2.24, 2.45) is 5.92 Å². The number of aliphatic carboxylic acids is 4. The van der Waals surface area contributed by atoms with Gasteiger partial charge in [-0.05, 0) is 27.7 Å². The number of carboxylic acid groups (broad SMARTS) is 4. The highest BCUT2D eigenvalue weighted by Crippen LogP contribution is 2.16. The Morgan fingerprint density at radius 2 is 1.14 bits per heavy atom. The Kier molecular flexibility index (Phi) is 7.96. The molecule has 0 aliphatic heterocycles. The van der Waals surface area contributed by atoms with Gasteiger partial charge in [0.25, 0.3) is 0 Å². The van der Waals surface area contributed by atoms with Crippen LogP contribution in [0.15, 0.2) is 11.1 Å². The Morgan fingerprint density at radius 1 is 0.857 bits per heavy atom. The molecule has 0 saturated heterocycles. The molecule has 0 fully saturated rings. The van der Waals surface area contributed by atoms with E-state index in [0.29, 0.717) is 0 Å². The van der Waals surface area contributed by atoms with E-state index in [1.54, 1.807) is 0 Å². The van der Waals surface area contributed by atoms with Gasteiger partial charge >= 0.3 is 23.9 Å². The average molecular weight is 306 g/mol. The highest BCUT2D eigenvalue weighted by atomic mass is 16.4. The Labute approximate surface area is 120 Å². The number of hydrogen-bond donors (Lipinski definition) is 5. The molecule has 21 heavy (non-hydrogen) atoms. The largest absolute Gasteiger partial charge is 0.481 e. The molecule has 0 bridgehead atoms. The summed E-state index contributed by atoms with van der Waals surface area (Å²) in [5, 5.41) is 42.3. The lowest BCUT2D eigenvalue weighted by atomic mass is 9.91. The van der Waals surface area contributed by atoms with Crippen molar-refractivity contribution >= 4 is 23.9 Å². The first-order valence-electron chi connectivity index (χ1n) is 5.59. The summed E-state index contributed by atoms with van der Waals surface area (Å²) in [6, 6.07) is 0. The van der Waals surface area contributed by atoms with Crippen LogP contribution in [0.1, 0.15) is 27.7 Å². The molecule has 0 unspecified atom stereocenters. The third-order valence-electron chi connectivity index (χ3n) is 2.85. The lowest BCUT2D eigenvalue weighted by molar-refractivity contribution is -0.170. The number of hydrogen-bond acceptors (Lipinski definition) is 5. The van der Waals surface area contributed by atoms with Crippen molar-refractivity contribution in [1.82, 2.24) is 0 Å². The number of rotatable bonds is 5. The van der Waals surface area contributed by atoms with Gasteiger partial charge in [-0.1, -0.05) is 0 Å². The molecule has 5 N–H and O–H groups in total. The number of carbonyl (C=O) groups is 4. The summed E-state index contributed by atoms with van der Waals surface area (Å²) in [5.41, 5.74) is -2.47. The topological polar surface area (TPSA) is 169 Å². The molecule has 0 radical (unpaired) electrons. The molecule has 0 spiro atoms. The van der Waals surface area contributed by atoms with Gasteiger partial charge in [-0.25, -0.2) is 14.4 Å². The van der Waals surface area contributed by atoms with Crippen molar-refractivity contribution in [3.63, 3.8) is 0 Å². The zero-order valence-electron chi connectivity index (χ0n) is 11.9. The molecule has 120 valence electrons. The zero-order chi connectivity index (χ0) is 17.5. The fourth-order valence-electron chi connectivity index (χ4n) is 0.746. The van der Waals surface area contributed by atoms with Crippen molar-refractivity contribution in [2.75, 3.05) is 0 Å². The van der Waals surface area contributed by atoms with Crippen molar-refractivity contribution in [3.05, 3.63) is 11.1 Å². The van der Waals surface area contributed by atoms with Crippen LogP contribution in [0.4, 0.5) is 0 Å². The molecule has 0 aliphatic rings. The SMILES string of the molecule is C/C(C(=O)O)=C(\C)C(=O)O.C[C@H](C(=O)O)[C@@](C)(O)C(=O)O. The van der Waals surface area contributed by atoms with Crippen LogP contribution in [0.5, 0.6) is 0 Å². The van der Waals surface area contributed by atoms with Gasteiger partial charge in [0.1, 0.15) is 0 Å². The fourth-order valence-corrected chi connectivity index (χ4v) is 0.746. The first-order chi connectivity index (χ1) is 9.26. The fraction of sp³-hybridized carbons (Fsp3) is 0.500. The number of aliphatic hydroxyl groups is 1. The second-order valence-corrected chi connectivity index (χ2v) is 4.37. The predicted octanol–water partition coefficient (Wildman–Crippen LogP) is 0.0347. The molecule has 0 aliphatic carbocycles. The maximum atomic E-state index is 10.3. The van der Waals surface area contributed by atoms with Gasteiger partial charge < -0.3 is 25.5 Å². The van der Waals surface area contributed by atoms with Crippen molar-refractivity contribution in [2.45, 2.75) is 33.3 Å². The summed E-state index contributed by atoms with van der Waals surface area (Å²) in [7, 11) is 0. The van der Waals surface area contributed by atoms with Gasteiger partial charge in [0.15, 0.2) is 5.60 Å². The van der Waals surface area contributed by atoms with Crippen molar-refractivity contribution in [1.29, 1.82) is 0 Å². The zero-order valence-corrected chi connectivity index (χ0v) is 11.9. The summed E-state index contributed by atoms with van der Waals surface area (Å²) < 4.78 is 0. The maximum Gasteiger partial charge on any atom is 0.336 e. The van der Waals surface area contributed by atoms with Crippen LogP contribution in [0.3, 0.4) is 0 Å². The van der Waals surface area contributed by atoms with Crippen LogP contribution < -0.4 is 0 Å². The minimum Gasteiger partial charge on any atom is -0.481 e. The van der Waals surface area contributed by atoms with E-state index in [9.17, 15) is 19.2 Å². The van der Waals surface area contributed by atoms with Crippen LogP contribution in [0.2, 0.25) is 0 Å². The van der Waals surface area contributed by atoms with Crippen LogP contribution >= 0.6 is 0 Å². The molecular weight excluding hydrogens is 288 g/mol. The van der Waals surface area contributed by atoms with E-state index >= 15 is 0 Å². The summed E-state index contributed by atoms with van der Waals surface area (Å²) in [4.78, 5) is 40.7. The lowest BCUT2D eigenvalue weighted by Gasteiger charge is -2.21. The normalized spacial score (nSPS) is 15.5. The second kappa shape index (κ2) is 8.00. The standard InChI is InChI=1S/C6H10O5.C6H8O4/c1-3(4(7)8)6(2,11)5(9)10;1-3(5(7)8)4(2)6(9)10/h3,11H,1-2H3,(H,7,8)(H,9,10);1-2H3,(H,7,8)(H,9,10)/b;4-3-/t3-,6-;/m1./s1. The van der Waals surface area contributed by atoms with Gasteiger partial charge in [0.05, 0.1) is 5.92 Å². The molecule has 2 atom stereocenters. The summed E-state index contributed by atoms with van der Waals surface area (Å²) >= 11 is 0. The van der Waals surface area contributed by atoms with Gasteiger partial charge in [0.2, 0.25) is 0 Å². The molecule has 9 heteroatoms. The van der Waals surface area contributed by atoms with Gasteiger partial charge in [-0.3, -0.25) is 4.79 Å². The molecule has 0 aromatic carbocycles. The smallest absolute Gasteiger partial charge is 0.336 e. The van der Waals surface area contributed by atoms with E-state index in [2.05, 4.69) is 0 Å². The Bertz CT molecular complexity index is 451. The van der Waals surface area contributed by atoms with E-state index in [1.165, 1.54) is 13.8 Å². The van der Waals surface area contributed by atoms with Crippen LogP contribution in [0.25, 0.3) is 0 Å². The quantitative estimate of drug-likeness (QED) is 0.440. The van der Waals surface area contributed by atoms with Crippen molar-refractivity contribution < 1.29 is 44.7 Å². The van der Waals surface area contributed by atoms with Crippen molar-refractivity contribution in [3.8, 4) is 0 Å². The molecule has 0 heterocycles. The monoisotopic (exact) mass is 306 g/mol. The van der Waals surface area contributed by atoms with Gasteiger partial charge in [0, 0.05) is 11.1 Å². The minimum atomic E-state index is -2.20. The van der Waals surface area contributed by atoms with E-state index < -0.39 is 35.4 Å². The van der Waals surface area contributed by atoms with E-state index in [-0.39, 0.29) is 11.1 Å². The molecule has 0 saturated carbocycles. The van der Waals surface area contributed by atoms with Crippen LogP contribution in [0, 0.1) is 5.92 Å². The lowest BCUT2D eigenvalue weighted by Crippen LogP contribution is -2.45. The average Bonchev–Trinajstić information content (AvgIpc) is 2.35. The second-order valence-electron chi connectivity index (χ2n) is 4.37. The first-order valence-corrected chi connectivity index (χ1v) is 5.59. The van der Waals surface area contributed by atoms with E-state index in [4.69, 9.17) is 25.5 Å². The molecule has 9 nitrogen and oxygen atoms in total. The highest BCUT2D eigenvalue weighted by molar-refractivity contribution is 5.97.